The predicted molar refractivity (Wildman–Crippen MR) is 341 cm³/mol. The van der Waals surface area contributed by atoms with Gasteiger partial charge in [-0.3, -0.25) is 0 Å². The Morgan fingerprint density at radius 2 is 0.711 bits per heavy atom. The highest BCUT2D eigenvalue weighted by Crippen LogP contribution is 2.51. The molecule has 7 nitrogen and oxygen atoms in total. The minimum atomic E-state index is 0.345. The van der Waals surface area contributed by atoms with Crippen LogP contribution >= 0.6 is 0 Å². The summed E-state index contributed by atoms with van der Waals surface area (Å²) in [5.41, 5.74) is 14.0. The van der Waals surface area contributed by atoms with Gasteiger partial charge in [0, 0.05) is 48.5 Å². The molecule has 0 fully saturated rings. The van der Waals surface area contributed by atoms with Crippen LogP contribution in [0.3, 0.4) is 0 Å². The topological polar surface area (TPSA) is 80.4 Å². The molecular weight excluding hydrogens is 1010 g/mol. The summed E-state index contributed by atoms with van der Waals surface area (Å²) in [7, 11) is 0. The SMILES string of the molecule is N#Cc1c(-n2c3ccccc3c3ccccc32)c(C#N)c(-n2c3ccccc3c3ccccc32)c(-n2c3ccc(-c4cccc5c4ccc4ccccc45)cc3c3ccc4oc5ccccc5c4c32)c1-n1c2ccccc2c2ccccc21. The van der Waals surface area contributed by atoms with Crippen LogP contribution in [0.2, 0.25) is 0 Å². The first-order valence-corrected chi connectivity index (χ1v) is 28.0. The van der Waals surface area contributed by atoms with E-state index in [4.69, 9.17) is 4.42 Å². The number of nitrogens with zero attached hydrogens (tertiary/aromatic N) is 6. The van der Waals surface area contributed by atoms with Crippen LogP contribution in [0.1, 0.15) is 11.1 Å². The van der Waals surface area contributed by atoms with E-state index in [-0.39, 0.29) is 0 Å². The first kappa shape index (κ1) is 45.2. The van der Waals surface area contributed by atoms with E-state index in [0.717, 1.165) is 126 Å². The lowest BCUT2D eigenvalue weighted by Gasteiger charge is -2.27. The van der Waals surface area contributed by atoms with E-state index in [1.165, 1.54) is 16.2 Å². The Bertz CT molecular complexity index is 5670. The molecule has 0 unspecified atom stereocenters. The standard InChI is InChI=1S/C76H42N6O/c77-43-60-72(79-62-29-10-3-20-51(62)52-21-4-11-30-63(52)79)61(44-78)75(81-66-33-14-7-24-55(66)56-25-8-15-34-67(56)81)76(74(60)80-64-31-12-5-22-53(64)54-23-6-13-32-65(54)80)82-68-40-37-46(48-27-17-28-49-47-19-2-1-18-45(47)36-38-50(48)49)42-59(68)57-39-41-70-71(73(57)82)58-26-9-16-35-69(58)83-70/h1-42H. The first-order chi connectivity index (χ1) is 41.2. The third kappa shape index (κ3) is 6.04. The van der Waals surface area contributed by atoms with Crippen molar-refractivity contribution in [1.29, 1.82) is 10.5 Å². The fourth-order valence-electron chi connectivity index (χ4n) is 14.3. The predicted octanol–water partition coefficient (Wildman–Crippen LogP) is 19.7. The fourth-order valence-corrected chi connectivity index (χ4v) is 14.3. The molecule has 5 heterocycles. The molecule has 7 heteroatoms. The molecule has 0 radical (unpaired) electrons. The van der Waals surface area contributed by atoms with E-state index in [0.29, 0.717) is 33.9 Å². The third-order valence-electron chi connectivity index (χ3n) is 17.6. The van der Waals surface area contributed by atoms with Crippen LogP contribution in [0.15, 0.2) is 259 Å². The summed E-state index contributed by atoms with van der Waals surface area (Å²) in [6.07, 6.45) is 0. The number of benzene rings is 13. The Kier molecular flexibility index (Phi) is 9.23. The molecule has 0 aliphatic heterocycles. The summed E-state index contributed by atoms with van der Waals surface area (Å²) in [5.74, 6) is 0. The first-order valence-electron chi connectivity index (χ1n) is 28.0. The van der Waals surface area contributed by atoms with Crippen LogP contribution in [0.5, 0.6) is 0 Å². The van der Waals surface area contributed by atoms with Gasteiger partial charge in [-0.25, -0.2) is 0 Å². The van der Waals surface area contributed by atoms with Crippen molar-refractivity contribution >= 4 is 131 Å². The molecule has 83 heavy (non-hydrogen) atoms. The normalized spacial score (nSPS) is 12.1. The number of hydrogen-bond donors (Lipinski definition) is 0. The second-order valence-corrected chi connectivity index (χ2v) is 21.7. The molecular formula is C76H42N6O. The monoisotopic (exact) mass is 1050 g/mol. The molecule has 18 rings (SSSR count). The van der Waals surface area contributed by atoms with E-state index in [1.54, 1.807) is 0 Å². The molecule has 0 atom stereocenters. The van der Waals surface area contributed by atoms with Crippen molar-refractivity contribution in [3.8, 4) is 46.0 Å². The Balaban J connectivity index is 1.13. The molecule has 0 saturated carbocycles. The van der Waals surface area contributed by atoms with E-state index < -0.39 is 0 Å². The summed E-state index contributed by atoms with van der Waals surface area (Å²) < 4.78 is 16.0. The Hall–Kier alpha value is -11.6. The minimum Gasteiger partial charge on any atom is -0.456 e. The second-order valence-electron chi connectivity index (χ2n) is 21.7. The van der Waals surface area contributed by atoms with Gasteiger partial charge in [-0.15, -0.1) is 0 Å². The zero-order chi connectivity index (χ0) is 54.6. The number of aromatic nitrogens is 4. The van der Waals surface area contributed by atoms with Gasteiger partial charge in [0.05, 0.1) is 72.3 Å². The smallest absolute Gasteiger partial charge is 0.137 e. The molecule has 0 aliphatic carbocycles. The van der Waals surface area contributed by atoms with Gasteiger partial charge >= 0.3 is 0 Å². The van der Waals surface area contributed by atoms with Gasteiger partial charge < -0.3 is 22.7 Å². The van der Waals surface area contributed by atoms with Gasteiger partial charge in [0.15, 0.2) is 0 Å². The summed E-state index contributed by atoms with van der Waals surface area (Å²) in [6.45, 7) is 0. The zero-order valence-electron chi connectivity index (χ0n) is 44.3. The highest BCUT2D eigenvalue weighted by Gasteiger charge is 2.35. The Morgan fingerprint density at radius 1 is 0.277 bits per heavy atom. The summed E-state index contributed by atoms with van der Waals surface area (Å²) in [4.78, 5) is 0. The average molecular weight is 1060 g/mol. The number of fused-ring (bicyclic) bond motifs is 19. The maximum atomic E-state index is 12.7. The highest BCUT2D eigenvalue weighted by atomic mass is 16.3. The van der Waals surface area contributed by atoms with E-state index in [2.05, 4.69) is 261 Å². The molecule has 382 valence electrons. The molecule has 0 spiro atoms. The maximum Gasteiger partial charge on any atom is 0.137 e. The molecule has 5 aromatic heterocycles. The Labute approximate surface area is 473 Å². The largest absolute Gasteiger partial charge is 0.456 e. The third-order valence-corrected chi connectivity index (χ3v) is 17.6. The lowest BCUT2D eigenvalue weighted by Crippen LogP contribution is -2.17. The molecule has 0 aliphatic rings. The van der Waals surface area contributed by atoms with Crippen LogP contribution in [-0.2, 0) is 0 Å². The Morgan fingerprint density at radius 3 is 1.24 bits per heavy atom. The van der Waals surface area contributed by atoms with Crippen LogP contribution in [0.25, 0.3) is 165 Å². The summed E-state index contributed by atoms with van der Waals surface area (Å²) in [6, 6.07) is 95.6. The minimum absolute atomic E-state index is 0.345. The summed E-state index contributed by atoms with van der Waals surface area (Å²) >= 11 is 0. The fraction of sp³-hybridized carbons (Fsp3) is 0. The number of hydrogen-bond acceptors (Lipinski definition) is 3. The van der Waals surface area contributed by atoms with Crippen LogP contribution in [0.4, 0.5) is 0 Å². The van der Waals surface area contributed by atoms with Crippen molar-refractivity contribution in [2.45, 2.75) is 0 Å². The van der Waals surface area contributed by atoms with Crippen LogP contribution in [-0.4, -0.2) is 18.3 Å². The van der Waals surface area contributed by atoms with Crippen molar-refractivity contribution in [3.05, 3.63) is 266 Å². The van der Waals surface area contributed by atoms with Gasteiger partial charge in [-0.05, 0) is 99.4 Å². The lowest BCUT2D eigenvalue weighted by molar-refractivity contribution is 0.669. The van der Waals surface area contributed by atoms with Crippen molar-refractivity contribution in [1.82, 2.24) is 18.3 Å². The number of furan rings is 1. The average Bonchev–Trinajstić information content (AvgIpc) is 3.38. The summed E-state index contributed by atoms with van der Waals surface area (Å²) in [5, 5.41) is 40.2. The quantitative estimate of drug-likeness (QED) is 0.161. The van der Waals surface area contributed by atoms with Crippen molar-refractivity contribution < 1.29 is 4.42 Å². The number of para-hydroxylation sites is 7. The van der Waals surface area contributed by atoms with E-state index in [9.17, 15) is 10.5 Å². The second kappa shape index (κ2) is 16.9. The maximum absolute atomic E-state index is 12.7. The van der Waals surface area contributed by atoms with Gasteiger partial charge in [0.1, 0.15) is 34.4 Å². The zero-order valence-corrected chi connectivity index (χ0v) is 44.3. The molecule has 13 aromatic carbocycles. The van der Waals surface area contributed by atoms with Crippen LogP contribution in [0, 0.1) is 22.7 Å². The van der Waals surface area contributed by atoms with Gasteiger partial charge in [0.2, 0.25) is 0 Å². The molecule has 0 saturated heterocycles. The highest BCUT2D eigenvalue weighted by molar-refractivity contribution is 6.26. The van der Waals surface area contributed by atoms with Gasteiger partial charge in [-0.1, -0.05) is 188 Å². The molecule has 0 amide bonds. The number of rotatable bonds is 5. The van der Waals surface area contributed by atoms with Crippen molar-refractivity contribution in [2.24, 2.45) is 0 Å². The van der Waals surface area contributed by atoms with Crippen molar-refractivity contribution in [2.75, 3.05) is 0 Å². The number of nitriles is 2. The molecule has 0 N–H and O–H groups in total. The van der Waals surface area contributed by atoms with E-state index in [1.807, 2.05) is 24.3 Å². The van der Waals surface area contributed by atoms with Gasteiger partial charge in [0.25, 0.3) is 0 Å². The lowest BCUT2D eigenvalue weighted by atomic mass is 9.94. The van der Waals surface area contributed by atoms with E-state index >= 15 is 0 Å². The van der Waals surface area contributed by atoms with Gasteiger partial charge in [-0.2, -0.15) is 10.5 Å². The van der Waals surface area contributed by atoms with Crippen LogP contribution < -0.4 is 0 Å². The molecule has 0 bridgehead atoms. The molecule has 18 aromatic rings. The van der Waals surface area contributed by atoms with Crippen molar-refractivity contribution in [3.63, 3.8) is 0 Å².